The summed E-state index contributed by atoms with van der Waals surface area (Å²) in [5.41, 5.74) is 11.9. The van der Waals surface area contributed by atoms with Gasteiger partial charge in [0.25, 0.3) is 11.8 Å². The number of nitrogens with zero attached hydrogens (tertiary/aromatic N) is 1. The summed E-state index contributed by atoms with van der Waals surface area (Å²) in [6.45, 7) is 20.7. The Labute approximate surface area is 380 Å². The number of amides is 2. The zero-order valence-corrected chi connectivity index (χ0v) is 39.3. The van der Waals surface area contributed by atoms with Crippen LogP contribution >= 0.6 is 10.7 Å². The first-order chi connectivity index (χ1) is 28.3. The highest BCUT2D eigenvalue weighted by molar-refractivity contribution is 8.14. The molecule has 4 aromatic rings. The van der Waals surface area contributed by atoms with Gasteiger partial charge < -0.3 is 21.3 Å². The van der Waals surface area contributed by atoms with Gasteiger partial charge in [0, 0.05) is 44.6 Å². The SMILES string of the molecule is C.C.CC(C)S(=O)(=O)Cl.CCCCc1ccc(C(=O)Nc2ccc(N)cc2)cc1.CCCCc1ccc(C(=O)Nc2ccc(NS(=O)(=O)C(C)C)cc2)cc1.CCN(CC)CC. The lowest BCUT2D eigenvalue weighted by Gasteiger charge is -2.13. The predicted octanol–water partition coefficient (Wildman–Crippen LogP) is 11.9. The van der Waals surface area contributed by atoms with Crippen molar-refractivity contribution in [3.05, 3.63) is 119 Å². The number of carbonyl (C=O) groups excluding carboxylic acids is 2. The quantitative estimate of drug-likeness (QED) is 0.0599. The van der Waals surface area contributed by atoms with Crippen molar-refractivity contribution in [2.45, 2.75) is 126 Å². The standard InChI is InChI=1S/C20H26N2O3S.C17H20N2O.C6H15N.C3H7ClO2S.2CH4/c1-4-5-6-16-7-9-17(10-8-16)20(23)21-18-11-13-19(14-12-18)22-26(24,25)15(2)3;1-2-3-4-13-5-7-14(8-6-13)17(20)19-16-11-9-15(18)10-12-16;1-4-7(5-2)6-3;1-3(2)7(4,5)6;;/h7-15,22H,4-6H2,1-3H3,(H,21,23);5-12H,2-4,18H2,1H3,(H,19,20);4-6H2,1-3H3;3H,1-2H3;2*1H4. The minimum atomic E-state index is -3.38. The van der Waals surface area contributed by atoms with E-state index in [2.05, 4.69) is 54.9 Å². The van der Waals surface area contributed by atoms with Gasteiger partial charge in [0.15, 0.2) is 0 Å². The van der Waals surface area contributed by atoms with Gasteiger partial charge in [-0.2, -0.15) is 0 Å². The minimum absolute atomic E-state index is 0. The van der Waals surface area contributed by atoms with Gasteiger partial charge in [0.2, 0.25) is 19.1 Å². The second-order valence-electron chi connectivity index (χ2n) is 14.5. The summed E-state index contributed by atoms with van der Waals surface area (Å²) in [5.74, 6) is -0.292. The fraction of sp³-hybridized carbons (Fsp3) is 0.458. The number of hydrogen-bond acceptors (Lipinski definition) is 8. The van der Waals surface area contributed by atoms with E-state index in [9.17, 15) is 26.4 Å². The van der Waals surface area contributed by atoms with Gasteiger partial charge in [-0.25, -0.2) is 16.8 Å². The summed E-state index contributed by atoms with van der Waals surface area (Å²) in [6.07, 6.45) is 6.73. The molecule has 4 rings (SSSR count). The average molecular weight is 919 g/mol. The second-order valence-corrected chi connectivity index (χ2v) is 20.0. The summed E-state index contributed by atoms with van der Waals surface area (Å²) in [6, 6.07) is 29.1. The molecule has 62 heavy (non-hydrogen) atoms. The zero-order valence-electron chi connectivity index (χ0n) is 36.9. The molecular formula is C48H76ClN5O6S2. The van der Waals surface area contributed by atoms with Crippen LogP contribution in [0.15, 0.2) is 97.1 Å². The van der Waals surface area contributed by atoms with Gasteiger partial charge in [-0.05, 0) is 157 Å². The molecule has 0 saturated heterocycles. The summed E-state index contributed by atoms with van der Waals surface area (Å²) >= 11 is 0. The lowest BCUT2D eigenvalue weighted by atomic mass is 10.1. The van der Waals surface area contributed by atoms with E-state index >= 15 is 0 Å². The smallest absolute Gasteiger partial charge is 0.255 e. The number of nitrogens with one attached hydrogen (secondary N) is 3. The summed E-state index contributed by atoms with van der Waals surface area (Å²) in [5, 5.41) is 4.70. The molecule has 11 nitrogen and oxygen atoms in total. The number of rotatable bonds is 17. The molecule has 5 N–H and O–H groups in total. The first-order valence-corrected chi connectivity index (χ1v) is 24.6. The van der Waals surface area contributed by atoms with E-state index in [4.69, 9.17) is 16.4 Å². The lowest BCUT2D eigenvalue weighted by Crippen LogP contribution is -2.22. The van der Waals surface area contributed by atoms with Crippen LogP contribution in [0.5, 0.6) is 0 Å². The molecule has 2 amide bonds. The summed E-state index contributed by atoms with van der Waals surface area (Å²) in [4.78, 5) is 26.8. The van der Waals surface area contributed by atoms with E-state index in [1.165, 1.54) is 57.5 Å². The highest BCUT2D eigenvalue weighted by Crippen LogP contribution is 2.18. The summed E-state index contributed by atoms with van der Waals surface area (Å²) in [7, 11) is -1.81. The molecule has 14 heteroatoms. The molecule has 0 bridgehead atoms. The van der Waals surface area contributed by atoms with Gasteiger partial charge >= 0.3 is 0 Å². The third-order valence-electron chi connectivity index (χ3n) is 9.17. The Bertz CT molecular complexity index is 2030. The number of nitrogens with two attached hydrogens (primary N) is 1. The third kappa shape index (κ3) is 24.3. The maximum atomic E-state index is 12.3. The molecule has 0 unspecified atom stereocenters. The number of nitrogen functional groups attached to an aromatic ring is 1. The van der Waals surface area contributed by atoms with Gasteiger partial charge in [-0.3, -0.25) is 14.3 Å². The lowest BCUT2D eigenvalue weighted by molar-refractivity contribution is 0.101. The van der Waals surface area contributed by atoms with Crippen molar-refractivity contribution < 1.29 is 26.4 Å². The van der Waals surface area contributed by atoms with Crippen LogP contribution < -0.4 is 21.1 Å². The Hall–Kier alpha value is -4.43. The highest BCUT2D eigenvalue weighted by atomic mass is 35.7. The van der Waals surface area contributed by atoms with Gasteiger partial charge in [-0.15, -0.1) is 0 Å². The molecule has 348 valence electrons. The number of aryl methyl sites for hydroxylation is 2. The monoisotopic (exact) mass is 917 g/mol. The molecule has 0 aliphatic rings. The Kier molecular flexibility index (Phi) is 30.2. The molecule has 0 aromatic heterocycles. The average Bonchev–Trinajstić information content (AvgIpc) is 3.22. The number of benzene rings is 4. The van der Waals surface area contributed by atoms with Crippen molar-refractivity contribution in [2.24, 2.45) is 0 Å². The highest BCUT2D eigenvalue weighted by Gasteiger charge is 2.15. The van der Waals surface area contributed by atoms with Crippen LogP contribution in [-0.4, -0.2) is 63.7 Å². The van der Waals surface area contributed by atoms with Crippen molar-refractivity contribution in [2.75, 3.05) is 40.7 Å². The van der Waals surface area contributed by atoms with E-state index in [0.29, 0.717) is 28.2 Å². The van der Waals surface area contributed by atoms with E-state index in [1.54, 1.807) is 62.4 Å². The third-order valence-corrected chi connectivity index (χ3v) is 13.1. The van der Waals surface area contributed by atoms with Crippen molar-refractivity contribution >= 4 is 64.3 Å². The zero-order chi connectivity index (χ0) is 45.3. The molecule has 0 spiro atoms. The Morgan fingerprint density at radius 3 is 1.16 bits per heavy atom. The van der Waals surface area contributed by atoms with Gasteiger partial charge in [0.05, 0.1) is 10.5 Å². The van der Waals surface area contributed by atoms with Crippen LogP contribution in [0, 0.1) is 0 Å². The van der Waals surface area contributed by atoms with Gasteiger partial charge in [0.1, 0.15) is 0 Å². The molecule has 0 aliphatic carbocycles. The van der Waals surface area contributed by atoms with Gasteiger partial charge in [-0.1, -0.05) is 86.6 Å². The molecule has 0 saturated carbocycles. The van der Waals surface area contributed by atoms with E-state index in [-0.39, 0.29) is 26.7 Å². The first kappa shape index (κ1) is 59.7. The Morgan fingerprint density at radius 1 is 0.565 bits per heavy atom. The molecule has 4 aromatic carbocycles. The van der Waals surface area contributed by atoms with E-state index in [0.717, 1.165) is 31.4 Å². The minimum Gasteiger partial charge on any atom is -0.399 e. The topological polar surface area (TPSA) is 168 Å². The van der Waals surface area contributed by atoms with Crippen LogP contribution in [0.1, 0.15) is 135 Å². The summed E-state index contributed by atoms with van der Waals surface area (Å²) < 4.78 is 46.4. The van der Waals surface area contributed by atoms with Crippen LogP contribution in [0.25, 0.3) is 0 Å². The maximum absolute atomic E-state index is 12.3. The number of halogens is 1. The molecule has 0 radical (unpaired) electrons. The fourth-order valence-electron chi connectivity index (χ4n) is 4.95. The number of hydrogen-bond donors (Lipinski definition) is 4. The second kappa shape index (κ2) is 31.4. The van der Waals surface area contributed by atoms with Crippen LogP contribution in [0.4, 0.5) is 22.7 Å². The van der Waals surface area contributed by atoms with Crippen LogP contribution in [0.3, 0.4) is 0 Å². The van der Waals surface area contributed by atoms with Crippen LogP contribution in [0.2, 0.25) is 0 Å². The molecule has 0 heterocycles. The van der Waals surface area contributed by atoms with Crippen molar-refractivity contribution in [3.8, 4) is 0 Å². The largest absolute Gasteiger partial charge is 0.399 e. The molecular weight excluding hydrogens is 842 g/mol. The number of anilines is 4. The van der Waals surface area contributed by atoms with Crippen molar-refractivity contribution in [1.82, 2.24) is 4.90 Å². The number of sulfonamides is 1. The molecule has 0 fully saturated rings. The first-order valence-electron chi connectivity index (χ1n) is 20.7. The van der Waals surface area contributed by atoms with E-state index < -0.39 is 29.6 Å². The Morgan fingerprint density at radius 2 is 0.887 bits per heavy atom. The predicted molar refractivity (Wildman–Crippen MR) is 268 cm³/mol. The fourth-order valence-corrected chi connectivity index (χ4v) is 5.66. The number of unbranched alkanes of at least 4 members (excludes halogenated alkanes) is 2. The van der Waals surface area contributed by atoms with E-state index in [1.807, 2.05) is 48.5 Å². The normalized spacial score (nSPS) is 10.7. The van der Waals surface area contributed by atoms with Crippen molar-refractivity contribution in [3.63, 3.8) is 0 Å². The molecule has 0 aliphatic heterocycles. The maximum Gasteiger partial charge on any atom is 0.255 e. The number of carbonyl (C=O) groups is 2. The van der Waals surface area contributed by atoms with Crippen LogP contribution in [-0.2, 0) is 31.9 Å². The van der Waals surface area contributed by atoms with Crippen molar-refractivity contribution in [1.29, 1.82) is 0 Å². The Balaban J connectivity index is 0. The molecule has 0 atom stereocenters.